The predicted molar refractivity (Wildman–Crippen MR) is 80.6 cm³/mol. The topological polar surface area (TPSA) is 113 Å². The highest BCUT2D eigenvalue weighted by Gasteiger charge is 2.29. The lowest BCUT2D eigenvalue weighted by Gasteiger charge is -2.32. The fourth-order valence-electron chi connectivity index (χ4n) is 2.57. The van der Waals surface area contributed by atoms with Crippen molar-refractivity contribution in [1.29, 1.82) is 5.26 Å². The fourth-order valence-corrected chi connectivity index (χ4v) is 3.11. The number of hydrogen-bond donors (Lipinski definition) is 2. The molecule has 1 aromatic carbocycles. The first-order valence-corrected chi connectivity index (χ1v) is 8.68. The second kappa shape index (κ2) is 6.24. The number of aliphatic hydroxyl groups is 1. The summed E-state index contributed by atoms with van der Waals surface area (Å²) in [6, 6.07) is 5.93. The van der Waals surface area contributed by atoms with Gasteiger partial charge in [-0.3, -0.25) is 0 Å². The summed E-state index contributed by atoms with van der Waals surface area (Å²) in [6.45, 7) is 2.28. The van der Waals surface area contributed by atoms with E-state index in [9.17, 15) is 13.5 Å². The Hall–Kier alpha value is -1.62. The second-order valence-corrected chi connectivity index (χ2v) is 7.63. The zero-order valence-corrected chi connectivity index (χ0v) is 13.3. The molecule has 1 fully saturated rings. The standard InChI is InChI=1S/C15H20N2O4S/c1-15(18)6-4-11(5-7-15)10-21-14-3-2-13(22(17,19)20)8-12(14)9-16/h2-3,8,11,18H,4-7,10H2,1H3,(H2,17,19,20)/t11-,15-. The third kappa shape index (κ3) is 4.19. The number of sulfonamides is 1. The molecule has 3 N–H and O–H groups in total. The van der Waals surface area contributed by atoms with Crippen LogP contribution in [0.1, 0.15) is 38.2 Å². The Labute approximate surface area is 130 Å². The summed E-state index contributed by atoms with van der Waals surface area (Å²) in [5.74, 6) is 0.678. The summed E-state index contributed by atoms with van der Waals surface area (Å²) in [5, 5.41) is 24.1. The molecule has 0 radical (unpaired) electrons. The number of nitrogens with zero attached hydrogens (tertiary/aromatic N) is 1. The molecule has 0 aliphatic heterocycles. The fraction of sp³-hybridized carbons (Fsp3) is 0.533. The lowest BCUT2D eigenvalue weighted by Crippen LogP contribution is -2.32. The number of ether oxygens (including phenoxy) is 1. The van der Waals surface area contributed by atoms with E-state index in [2.05, 4.69) is 0 Å². The summed E-state index contributed by atoms with van der Waals surface area (Å²) < 4.78 is 28.2. The van der Waals surface area contributed by atoms with Crippen LogP contribution in [-0.4, -0.2) is 25.7 Å². The Kier molecular flexibility index (Phi) is 4.75. The van der Waals surface area contributed by atoms with Crippen molar-refractivity contribution in [3.8, 4) is 11.8 Å². The van der Waals surface area contributed by atoms with Gasteiger partial charge in [0.15, 0.2) is 0 Å². The molecule has 0 unspecified atom stereocenters. The van der Waals surface area contributed by atoms with Crippen molar-refractivity contribution in [3.63, 3.8) is 0 Å². The molecule has 1 aliphatic rings. The molecule has 1 saturated carbocycles. The highest BCUT2D eigenvalue weighted by molar-refractivity contribution is 7.89. The molecular weight excluding hydrogens is 304 g/mol. The van der Waals surface area contributed by atoms with E-state index in [-0.39, 0.29) is 10.5 Å². The van der Waals surface area contributed by atoms with E-state index in [4.69, 9.17) is 15.1 Å². The van der Waals surface area contributed by atoms with Gasteiger partial charge in [-0.05, 0) is 56.7 Å². The summed E-state index contributed by atoms with van der Waals surface area (Å²) >= 11 is 0. The van der Waals surface area contributed by atoms with Gasteiger partial charge in [-0.1, -0.05) is 0 Å². The van der Waals surface area contributed by atoms with Crippen LogP contribution in [0.4, 0.5) is 0 Å². The average Bonchev–Trinajstić information content (AvgIpc) is 2.45. The second-order valence-electron chi connectivity index (χ2n) is 6.07. The van der Waals surface area contributed by atoms with E-state index in [1.807, 2.05) is 13.0 Å². The minimum atomic E-state index is -3.84. The molecule has 0 amide bonds. The van der Waals surface area contributed by atoms with Crippen molar-refractivity contribution in [2.75, 3.05) is 6.61 Å². The van der Waals surface area contributed by atoms with Crippen molar-refractivity contribution in [3.05, 3.63) is 23.8 Å². The molecule has 0 spiro atoms. The average molecular weight is 324 g/mol. The van der Waals surface area contributed by atoms with Crippen LogP contribution in [0.25, 0.3) is 0 Å². The molecule has 2 rings (SSSR count). The number of primary sulfonamides is 1. The maximum atomic E-state index is 11.3. The maximum Gasteiger partial charge on any atom is 0.238 e. The minimum Gasteiger partial charge on any atom is -0.492 e. The summed E-state index contributed by atoms with van der Waals surface area (Å²) in [5.41, 5.74) is -0.444. The van der Waals surface area contributed by atoms with Crippen LogP contribution in [0.3, 0.4) is 0 Å². The molecule has 0 saturated heterocycles. The number of hydrogen-bond acceptors (Lipinski definition) is 5. The van der Waals surface area contributed by atoms with Crippen LogP contribution in [0.2, 0.25) is 0 Å². The van der Waals surface area contributed by atoms with E-state index in [0.717, 1.165) is 25.7 Å². The molecule has 22 heavy (non-hydrogen) atoms. The Bertz CT molecular complexity index is 682. The Morgan fingerprint density at radius 2 is 2.09 bits per heavy atom. The number of nitriles is 1. The molecule has 7 heteroatoms. The van der Waals surface area contributed by atoms with Crippen molar-refractivity contribution in [1.82, 2.24) is 0 Å². The molecule has 0 atom stereocenters. The number of rotatable bonds is 4. The van der Waals surface area contributed by atoms with Gasteiger partial charge < -0.3 is 9.84 Å². The lowest BCUT2D eigenvalue weighted by molar-refractivity contribution is 0.00151. The summed E-state index contributed by atoms with van der Waals surface area (Å²) in [4.78, 5) is -0.106. The maximum absolute atomic E-state index is 11.3. The van der Waals surface area contributed by atoms with E-state index in [1.54, 1.807) is 0 Å². The number of benzene rings is 1. The SMILES string of the molecule is C[C@]1(O)CC[C@H](COc2ccc(S(N)(=O)=O)cc2C#N)CC1. The lowest BCUT2D eigenvalue weighted by atomic mass is 9.80. The van der Waals surface area contributed by atoms with E-state index in [0.29, 0.717) is 18.3 Å². The van der Waals surface area contributed by atoms with E-state index in [1.165, 1.54) is 18.2 Å². The highest BCUT2D eigenvalue weighted by Crippen LogP contribution is 2.32. The van der Waals surface area contributed by atoms with Crippen LogP contribution in [-0.2, 0) is 10.0 Å². The van der Waals surface area contributed by atoms with Crippen molar-refractivity contribution in [2.45, 2.75) is 43.1 Å². The van der Waals surface area contributed by atoms with E-state index < -0.39 is 15.6 Å². The van der Waals surface area contributed by atoms with Crippen molar-refractivity contribution < 1.29 is 18.3 Å². The molecule has 0 heterocycles. The van der Waals surface area contributed by atoms with Gasteiger partial charge in [0.25, 0.3) is 0 Å². The van der Waals surface area contributed by atoms with E-state index >= 15 is 0 Å². The first kappa shape index (κ1) is 16.7. The molecule has 0 bridgehead atoms. The predicted octanol–water partition coefficient (Wildman–Crippen LogP) is 1.53. The monoisotopic (exact) mass is 324 g/mol. The van der Waals surface area contributed by atoms with Gasteiger partial charge in [0.1, 0.15) is 11.8 Å². The van der Waals surface area contributed by atoms with Gasteiger partial charge in [0.2, 0.25) is 10.0 Å². The minimum absolute atomic E-state index is 0.106. The largest absolute Gasteiger partial charge is 0.492 e. The third-order valence-corrected chi connectivity index (χ3v) is 4.97. The number of nitrogens with two attached hydrogens (primary N) is 1. The van der Waals surface area contributed by atoms with Crippen molar-refractivity contribution >= 4 is 10.0 Å². The molecular formula is C15H20N2O4S. The first-order chi connectivity index (χ1) is 10.2. The smallest absolute Gasteiger partial charge is 0.238 e. The Morgan fingerprint density at radius 1 is 1.45 bits per heavy atom. The highest BCUT2D eigenvalue weighted by atomic mass is 32.2. The van der Waals surface area contributed by atoms with Gasteiger partial charge in [-0.15, -0.1) is 0 Å². The van der Waals surface area contributed by atoms with Gasteiger partial charge in [-0.2, -0.15) is 5.26 Å². The summed E-state index contributed by atoms with van der Waals surface area (Å²) in [6.07, 6.45) is 3.20. The Balaban J connectivity index is 2.03. The van der Waals surface area contributed by atoms with Gasteiger partial charge >= 0.3 is 0 Å². The summed E-state index contributed by atoms with van der Waals surface area (Å²) in [7, 11) is -3.84. The molecule has 0 aromatic heterocycles. The van der Waals surface area contributed by atoms with Crippen LogP contribution >= 0.6 is 0 Å². The third-order valence-electron chi connectivity index (χ3n) is 4.06. The van der Waals surface area contributed by atoms with Crippen LogP contribution < -0.4 is 9.88 Å². The molecule has 1 aromatic rings. The van der Waals surface area contributed by atoms with Gasteiger partial charge in [0.05, 0.1) is 22.7 Å². The molecule has 1 aliphatic carbocycles. The zero-order valence-electron chi connectivity index (χ0n) is 12.4. The van der Waals surface area contributed by atoms with Crippen LogP contribution in [0, 0.1) is 17.2 Å². The Morgan fingerprint density at radius 3 is 2.64 bits per heavy atom. The zero-order chi connectivity index (χ0) is 16.4. The quantitative estimate of drug-likeness (QED) is 0.872. The van der Waals surface area contributed by atoms with Crippen molar-refractivity contribution in [2.24, 2.45) is 11.1 Å². The first-order valence-electron chi connectivity index (χ1n) is 7.13. The molecule has 120 valence electrons. The van der Waals surface area contributed by atoms with Gasteiger partial charge in [-0.25, -0.2) is 13.6 Å². The van der Waals surface area contributed by atoms with Crippen LogP contribution in [0.5, 0.6) is 5.75 Å². The normalized spacial score (nSPS) is 25.5. The van der Waals surface area contributed by atoms with Crippen LogP contribution in [0.15, 0.2) is 23.1 Å². The molecule has 6 nitrogen and oxygen atoms in total. The van der Waals surface area contributed by atoms with Gasteiger partial charge in [0, 0.05) is 0 Å².